The molecule has 0 bridgehead atoms. The highest BCUT2D eigenvalue weighted by Gasteiger charge is 2.45. The van der Waals surface area contributed by atoms with E-state index < -0.39 is 17.4 Å². The third-order valence-corrected chi connectivity index (χ3v) is 2.70. The molecule has 18 heavy (non-hydrogen) atoms. The SMILES string of the molecule is C/C=C/C(CCCCl)(C(=O)OCC)C(=O)OCC. The number of ether oxygens (including phenoxy) is 2. The van der Waals surface area contributed by atoms with E-state index in [1.165, 1.54) is 6.08 Å². The second-order valence-corrected chi connectivity index (χ2v) is 4.08. The molecule has 0 aliphatic carbocycles. The first kappa shape index (κ1) is 17.0. The highest BCUT2D eigenvalue weighted by Crippen LogP contribution is 2.30. The summed E-state index contributed by atoms with van der Waals surface area (Å²) in [6, 6.07) is 0. The molecule has 0 spiro atoms. The zero-order valence-electron chi connectivity index (χ0n) is 11.2. The number of esters is 2. The lowest BCUT2D eigenvalue weighted by Crippen LogP contribution is -2.40. The maximum Gasteiger partial charge on any atom is 0.327 e. The van der Waals surface area contributed by atoms with E-state index in [0.717, 1.165) is 0 Å². The van der Waals surface area contributed by atoms with E-state index in [1.807, 2.05) is 0 Å². The number of alkyl halides is 1. The highest BCUT2D eigenvalue weighted by atomic mass is 35.5. The number of halogens is 1. The standard InChI is InChI=1S/C13H21ClO4/c1-4-8-13(9-7-10-14,11(15)17-5-2)12(16)18-6-3/h4,8H,5-7,9-10H2,1-3H3/b8-4+. The summed E-state index contributed by atoms with van der Waals surface area (Å²) in [6.07, 6.45) is 4.01. The van der Waals surface area contributed by atoms with Crippen LogP contribution in [0.3, 0.4) is 0 Å². The quantitative estimate of drug-likeness (QED) is 0.296. The first-order valence-electron chi connectivity index (χ1n) is 6.13. The smallest absolute Gasteiger partial charge is 0.327 e. The molecule has 0 rings (SSSR count). The van der Waals surface area contributed by atoms with Crippen molar-refractivity contribution in [3.63, 3.8) is 0 Å². The van der Waals surface area contributed by atoms with Gasteiger partial charge in [-0.3, -0.25) is 9.59 Å². The lowest BCUT2D eigenvalue weighted by molar-refractivity contribution is -0.168. The van der Waals surface area contributed by atoms with Gasteiger partial charge in [0.05, 0.1) is 13.2 Å². The van der Waals surface area contributed by atoms with Gasteiger partial charge in [-0.15, -0.1) is 11.6 Å². The van der Waals surface area contributed by atoms with E-state index in [-0.39, 0.29) is 13.2 Å². The van der Waals surface area contributed by atoms with E-state index in [9.17, 15) is 9.59 Å². The summed E-state index contributed by atoms with van der Waals surface area (Å²) in [6.45, 7) is 5.58. The van der Waals surface area contributed by atoms with Crippen molar-refractivity contribution in [2.75, 3.05) is 19.1 Å². The van der Waals surface area contributed by atoms with Gasteiger partial charge in [0.2, 0.25) is 0 Å². The van der Waals surface area contributed by atoms with Crippen molar-refractivity contribution >= 4 is 23.5 Å². The molecule has 0 aliphatic heterocycles. The van der Waals surface area contributed by atoms with E-state index in [4.69, 9.17) is 21.1 Å². The summed E-state index contributed by atoms with van der Waals surface area (Å²) in [5.74, 6) is -0.781. The summed E-state index contributed by atoms with van der Waals surface area (Å²) in [5, 5.41) is 0. The summed E-state index contributed by atoms with van der Waals surface area (Å²) < 4.78 is 9.98. The van der Waals surface area contributed by atoms with Crippen LogP contribution in [0.5, 0.6) is 0 Å². The molecule has 0 heterocycles. The summed E-state index contributed by atoms with van der Waals surface area (Å²) in [5.41, 5.74) is -1.37. The van der Waals surface area contributed by atoms with Crippen molar-refractivity contribution in [3.8, 4) is 0 Å². The van der Waals surface area contributed by atoms with Crippen molar-refractivity contribution < 1.29 is 19.1 Å². The maximum atomic E-state index is 12.1. The third kappa shape index (κ3) is 4.33. The van der Waals surface area contributed by atoms with Crippen LogP contribution in [0.4, 0.5) is 0 Å². The second kappa shape index (κ2) is 8.97. The minimum Gasteiger partial charge on any atom is -0.465 e. The summed E-state index contributed by atoms with van der Waals surface area (Å²) in [4.78, 5) is 24.1. The molecule has 0 radical (unpaired) electrons. The summed E-state index contributed by atoms with van der Waals surface area (Å²) in [7, 11) is 0. The van der Waals surface area contributed by atoms with E-state index in [1.54, 1.807) is 26.8 Å². The highest BCUT2D eigenvalue weighted by molar-refractivity contribution is 6.17. The molecule has 0 aromatic rings. The average molecular weight is 277 g/mol. The van der Waals surface area contributed by atoms with Crippen LogP contribution in [-0.4, -0.2) is 31.0 Å². The molecule has 0 atom stereocenters. The molecule has 0 aromatic carbocycles. The Labute approximate surface area is 113 Å². The van der Waals surface area contributed by atoms with Crippen LogP contribution in [0.15, 0.2) is 12.2 Å². The van der Waals surface area contributed by atoms with Crippen molar-refractivity contribution in [1.82, 2.24) is 0 Å². The number of hydrogen-bond donors (Lipinski definition) is 0. The summed E-state index contributed by atoms with van der Waals surface area (Å²) >= 11 is 5.64. The Bertz CT molecular complexity index is 281. The zero-order chi connectivity index (χ0) is 14.0. The van der Waals surface area contributed by atoms with Crippen molar-refractivity contribution in [2.24, 2.45) is 5.41 Å². The van der Waals surface area contributed by atoms with Crippen LogP contribution in [0.2, 0.25) is 0 Å². The Morgan fingerprint density at radius 2 is 1.67 bits per heavy atom. The van der Waals surface area contributed by atoms with Gasteiger partial charge >= 0.3 is 11.9 Å². The molecule has 0 N–H and O–H groups in total. The van der Waals surface area contributed by atoms with Gasteiger partial charge in [-0.25, -0.2) is 0 Å². The molecule has 0 fully saturated rings. The van der Waals surface area contributed by atoms with Gasteiger partial charge in [0.15, 0.2) is 5.41 Å². The predicted octanol–water partition coefficient (Wildman–Crippen LogP) is 2.69. The van der Waals surface area contributed by atoms with Gasteiger partial charge in [-0.1, -0.05) is 12.2 Å². The topological polar surface area (TPSA) is 52.6 Å². The Morgan fingerprint density at radius 3 is 2.00 bits per heavy atom. The first-order valence-corrected chi connectivity index (χ1v) is 6.66. The van der Waals surface area contributed by atoms with Crippen LogP contribution < -0.4 is 0 Å². The minimum atomic E-state index is -1.37. The van der Waals surface area contributed by atoms with Crippen molar-refractivity contribution in [1.29, 1.82) is 0 Å². The zero-order valence-corrected chi connectivity index (χ0v) is 12.0. The molecular weight excluding hydrogens is 256 g/mol. The molecule has 0 aromatic heterocycles. The van der Waals surface area contributed by atoms with Crippen molar-refractivity contribution in [2.45, 2.75) is 33.6 Å². The Balaban J connectivity index is 5.26. The minimum absolute atomic E-state index is 0.221. The van der Waals surface area contributed by atoms with Gasteiger partial charge in [0.1, 0.15) is 0 Å². The van der Waals surface area contributed by atoms with Gasteiger partial charge < -0.3 is 9.47 Å². The van der Waals surface area contributed by atoms with E-state index in [2.05, 4.69) is 0 Å². The lowest BCUT2D eigenvalue weighted by Gasteiger charge is -2.25. The fourth-order valence-electron chi connectivity index (χ4n) is 1.66. The molecule has 0 saturated carbocycles. The number of rotatable bonds is 8. The van der Waals surface area contributed by atoms with Gasteiger partial charge in [-0.05, 0) is 33.6 Å². The Hall–Kier alpha value is -1.03. The van der Waals surface area contributed by atoms with Crippen LogP contribution >= 0.6 is 11.6 Å². The van der Waals surface area contributed by atoms with E-state index >= 15 is 0 Å². The fourth-order valence-corrected chi connectivity index (χ4v) is 1.79. The second-order valence-electron chi connectivity index (χ2n) is 3.70. The third-order valence-electron chi connectivity index (χ3n) is 2.44. The first-order chi connectivity index (χ1) is 8.58. The molecule has 0 aliphatic rings. The van der Waals surface area contributed by atoms with Crippen LogP contribution in [0.1, 0.15) is 33.6 Å². The number of carbonyl (C=O) groups is 2. The van der Waals surface area contributed by atoms with Gasteiger partial charge in [-0.2, -0.15) is 0 Å². The maximum absolute atomic E-state index is 12.1. The molecule has 4 nitrogen and oxygen atoms in total. The van der Waals surface area contributed by atoms with Crippen LogP contribution in [0.25, 0.3) is 0 Å². The lowest BCUT2D eigenvalue weighted by atomic mass is 9.83. The number of carbonyl (C=O) groups excluding carboxylic acids is 2. The molecule has 0 unspecified atom stereocenters. The number of hydrogen-bond acceptors (Lipinski definition) is 4. The van der Waals surface area contributed by atoms with E-state index in [0.29, 0.717) is 18.7 Å². The average Bonchev–Trinajstić information content (AvgIpc) is 2.35. The Morgan fingerprint density at radius 1 is 1.17 bits per heavy atom. The fraction of sp³-hybridized carbons (Fsp3) is 0.692. The number of allylic oxidation sites excluding steroid dienone is 1. The van der Waals surface area contributed by atoms with Crippen LogP contribution in [-0.2, 0) is 19.1 Å². The normalized spacial score (nSPS) is 11.6. The van der Waals surface area contributed by atoms with Crippen molar-refractivity contribution in [3.05, 3.63) is 12.2 Å². The Kier molecular flexibility index (Phi) is 8.46. The molecule has 104 valence electrons. The van der Waals surface area contributed by atoms with Gasteiger partial charge in [0.25, 0.3) is 0 Å². The largest absolute Gasteiger partial charge is 0.465 e. The van der Waals surface area contributed by atoms with Crippen LogP contribution in [0, 0.1) is 5.41 Å². The monoisotopic (exact) mass is 276 g/mol. The predicted molar refractivity (Wildman–Crippen MR) is 70.5 cm³/mol. The molecule has 0 amide bonds. The molecule has 5 heteroatoms. The van der Waals surface area contributed by atoms with Gasteiger partial charge in [0, 0.05) is 5.88 Å². The molecule has 0 saturated heterocycles. The molecular formula is C13H21ClO4.